The summed E-state index contributed by atoms with van der Waals surface area (Å²) in [5.41, 5.74) is 4.08. The lowest BCUT2D eigenvalue weighted by atomic mass is 9.84. The van der Waals surface area contributed by atoms with Crippen LogP contribution in [0.5, 0.6) is 0 Å². The molecule has 0 bridgehead atoms. The molecule has 2 heteroatoms. The lowest BCUT2D eigenvalue weighted by Crippen LogP contribution is -2.34. The summed E-state index contributed by atoms with van der Waals surface area (Å²) >= 11 is 6.09. The first-order valence-corrected chi connectivity index (χ1v) is 8.13. The van der Waals surface area contributed by atoms with Gasteiger partial charge in [-0.3, -0.25) is 0 Å². The van der Waals surface area contributed by atoms with Crippen LogP contribution in [0.25, 0.3) is 0 Å². The van der Waals surface area contributed by atoms with Crippen molar-refractivity contribution < 1.29 is 0 Å². The Morgan fingerprint density at radius 1 is 1.38 bits per heavy atom. The predicted molar refractivity (Wildman–Crippen MR) is 95.0 cm³/mol. The van der Waals surface area contributed by atoms with Crippen molar-refractivity contribution in [3.05, 3.63) is 58.8 Å². The van der Waals surface area contributed by atoms with E-state index in [4.69, 9.17) is 11.6 Å². The van der Waals surface area contributed by atoms with Crippen LogP contribution in [-0.2, 0) is 0 Å². The molecular formula is C19H28ClN. The predicted octanol–water partition coefficient (Wildman–Crippen LogP) is 5.94. The molecule has 2 atom stereocenters. The van der Waals surface area contributed by atoms with Gasteiger partial charge in [0.25, 0.3) is 0 Å². The summed E-state index contributed by atoms with van der Waals surface area (Å²) in [6.45, 7) is 12.8. The third-order valence-corrected chi connectivity index (χ3v) is 4.41. The van der Waals surface area contributed by atoms with Gasteiger partial charge in [-0.15, -0.1) is 0 Å². The van der Waals surface area contributed by atoms with E-state index < -0.39 is 0 Å². The number of benzene rings is 1. The summed E-state index contributed by atoms with van der Waals surface area (Å²) in [4.78, 5) is 2.23. The Morgan fingerprint density at radius 3 is 2.52 bits per heavy atom. The van der Waals surface area contributed by atoms with Crippen molar-refractivity contribution in [2.45, 2.75) is 52.5 Å². The first-order chi connectivity index (χ1) is 9.96. The van der Waals surface area contributed by atoms with Gasteiger partial charge >= 0.3 is 0 Å². The van der Waals surface area contributed by atoms with Gasteiger partial charge in [0.2, 0.25) is 0 Å². The number of rotatable bonds is 7. The number of allylic oxidation sites excluding steroid dienone is 1. The van der Waals surface area contributed by atoms with Crippen LogP contribution in [0.2, 0.25) is 5.02 Å². The zero-order chi connectivity index (χ0) is 16.0. The summed E-state index contributed by atoms with van der Waals surface area (Å²) in [5, 5.41) is 0.803. The molecule has 116 valence electrons. The molecule has 1 aromatic rings. The van der Waals surface area contributed by atoms with Crippen molar-refractivity contribution in [2.24, 2.45) is 0 Å². The number of hydrogen-bond acceptors (Lipinski definition) is 1. The number of nitrogens with zero attached hydrogens (tertiary/aromatic N) is 1. The van der Waals surface area contributed by atoms with Gasteiger partial charge in [-0.2, -0.15) is 0 Å². The summed E-state index contributed by atoms with van der Waals surface area (Å²) in [6, 6.07) is 6.53. The number of halogens is 1. The van der Waals surface area contributed by atoms with Gasteiger partial charge in [0.15, 0.2) is 0 Å². The summed E-state index contributed by atoms with van der Waals surface area (Å²) in [5.74, 6) is 0.392. The highest BCUT2D eigenvalue weighted by atomic mass is 35.5. The van der Waals surface area contributed by atoms with Crippen LogP contribution in [0.1, 0.15) is 50.7 Å². The molecule has 0 saturated carbocycles. The van der Waals surface area contributed by atoms with Crippen LogP contribution in [-0.4, -0.2) is 18.0 Å². The molecule has 0 amide bonds. The molecule has 0 aliphatic rings. The van der Waals surface area contributed by atoms with E-state index in [0.29, 0.717) is 12.0 Å². The number of aryl methyl sites for hydroxylation is 1. The maximum absolute atomic E-state index is 6.09. The van der Waals surface area contributed by atoms with Gasteiger partial charge in [-0.1, -0.05) is 56.7 Å². The van der Waals surface area contributed by atoms with Gasteiger partial charge in [0, 0.05) is 18.0 Å². The topological polar surface area (TPSA) is 3.24 Å². The molecule has 0 spiro atoms. The summed E-state index contributed by atoms with van der Waals surface area (Å²) in [6.07, 6.45) is 6.41. The minimum absolute atomic E-state index is 0.340. The van der Waals surface area contributed by atoms with E-state index >= 15 is 0 Å². The quantitative estimate of drug-likeness (QED) is 0.563. The largest absolute Gasteiger partial charge is 0.374 e. The maximum atomic E-state index is 6.09. The highest BCUT2D eigenvalue weighted by Crippen LogP contribution is 2.32. The van der Waals surface area contributed by atoms with E-state index in [-0.39, 0.29) is 0 Å². The van der Waals surface area contributed by atoms with Crippen molar-refractivity contribution in [3.8, 4) is 0 Å². The molecule has 2 unspecified atom stereocenters. The Kier molecular flexibility index (Phi) is 7.04. The van der Waals surface area contributed by atoms with Crippen molar-refractivity contribution in [2.75, 3.05) is 7.05 Å². The molecule has 0 fully saturated rings. The Labute approximate surface area is 135 Å². The van der Waals surface area contributed by atoms with Crippen LogP contribution < -0.4 is 0 Å². The van der Waals surface area contributed by atoms with Crippen LogP contribution in [0.3, 0.4) is 0 Å². The standard InChI is InChI=1S/C19H28ClN/c1-7-10-16(8-2)19(21(6)9-3)15(5)18-12-11-17(20)13-14(18)4/h9-13,15,19H,3,7-8H2,1-2,4-6H3/b16-10-. The molecular weight excluding hydrogens is 278 g/mol. The molecule has 0 aliphatic carbocycles. The zero-order valence-corrected chi connectivity index (χ0v) is 14.7. The molecule has 0 aromatic heterocycles. The Morgan fingerprint density at radius 2 is 2.05 bits per heavy atom. The fourth-order valence-corrected chi connectivity index (χ4v) is 3.33. The van der Waals surface area contributed by atoms with Gasteiger partial charge in [0.05, 0.1) is 6.04 Å². The maximum Gasteiger partial charge on any atom is 0.0559 e. The summed E-state index contributed by atoms with van der Waals surface area (Å²) < 4.78 is 0. The first kappa shape index (κ1) is 17.8. The van der Waals surface area contributed by atoms with Gasteiger partial charge < -0.3 is 4.90 Å². The second kappa shape index (κ2) is 8.29. The molecule has 21 heavy (non-hydrogen) atoms. The average Bonchev–Trinajstić information content (AvgIpc) is 2.46. The third-order valence-electron chi connectivity index (χ3n) is 4.18. The Bertz CT molecular complexity index is 504. The van der Waals surface area contributed by atoms with Crippen molar-refractivity contribution in [1.29, 1.82) is 0 Å². The van der Waals surface area contributed by atoms with E-state index in [1.54, 1.807) is 0 Å². The first-order valence-electron chi connectivity index (χ1n) is 7.75. The van der Waals surface area contributed by atoms with E-state index in [2.05, 4.69) is 58.4 Å². The molecule has 0 saturated heterocycles. The smallest absolute Gasteiger partial charge is 0.0559 e. The van der Waals surface area contributed by atoms with E-state index in [1.807, 2.05) is 18.3 Å². The van der Waals surface area contributed by atoms with Crippen molar-refractivity contribution >= 4 is 11.6 Å². The SMILES string of the molecule is C=CN(C)C(/C(=C\CC)CC)C(C)c1ccc(Cl)cc1C. The lowest BCUT2D eigenvalue weighted by Gasteiger charge is -2.35. The third kappa shape index (κ3) is 4.38. The fourth-order valence-electron chi connectivity index (χ4n) is 3.11. The normalized spacial score (nSPS) is 14.7. The van der Waals surface area contributed by atoms with Crippen molar-refractivity contribution in [3.63, 3.8) is 0 Å². The molecule has 0 radical (unpaired) electrons. The second-order valence-electron chi connectivity index (χ2n) is 5.62. The monoisotopic (exact) mass is 305 g/mol. The van der Waals surface area contributed by atoms with Crippen LogP contribution in [0.4, 0.5) is 0 Å². The molecule has 1 aromatic carbocycles. The fraction of sp³-hybridized carbons (Fsp3) is 0.474. The van der Waals surface area contributed by atoms with Crippen molar-refractivity contribution in [1.82, 2.24) is 4.90 Å². The zero-order valence-electron chi connectivity index (χ0n) is 14.0. The summed E-state index contributed by atoms with van der Waals surface area (Å²) in [7, 11) is 2.11. The van der Waals surface area contributed by atoms with Crippen LogP contribution in [0.15, 0.2) is 42.6 Å². The van der Waals surface area contributed by atoms with Gasteiger partial charge in [-0.25, -0.2) is 0 Å². The molecule has 1 rings (SSSR count). The molecule has 0 heterocycles. The van der Waals surface area contributed by atoms with Crippen LogP contribution >= 0.6 is 11.6 Å². The molecule has 1 nitrogen and oxygen atoms in total. The minimum atomic E-state index is 0.340. The minimum Gasteiger partial charge on any atom is -0.374 e. The highest BCUT2D eigenvalue weighted by molar-refractivity contribution is 6.30. The van der Waals surface area contributed by atoms with Gasteiger partial charge in [-0.05, 0) is 49.2 Å². The Balaban J connectivity index is 3.24. The average molecular weight is 306 g/mol. The van der Waals surface area contributed by atoms with E-state index in [1.165, 1.54) is 16.7 Å². The van der Waals surface area contributed by atoms with E-state index in [9.17, 15) is 0 Å². The molecule has 0 aliphatic heterocycles. The molecule has 0 N–H and O–H groups in total. The van der Waals surface area contributed by atoms with Crippen LogP contribution in [0, 0.1) is 6.92 Å². The number of likely N-dealkylation sites (N-methyl/N-ethyl adjacent to an activating group) is 1. The van der Waals surface area contributed by atoms with E-state index in [0.717, 1.165) is 17.9 Å². The Hall–Kier alpha value is -1.21. The van der Waals surface area contributed by atoms with Gasteiger partial charge in [0.1, 0.15) is 0 Å². The number of hydrogen-bond donors (Lipinski definition) is 0. The lowest BCUT2D eigenvalue weighted by molar-refractivity contribution is 0.325. The second-order valence-corrected chi connectivity index (χ2v) is 6.06. The highest BCUT2D eigenvalue weighted by Gasteiger charge is 2.25.